The molecule has 0 bridgehead atoms. The fourth-order valence-electron chi connectivity index (χ4n) is 4.97. The molecule has 2 heterocycles. The van der Waals surface area contributed by atoms with Crippen molar-refractivity contribution in [1.29, 1.82) is 5.26 Å². The van der Waals surface area contributed by atoms with Crippen LogP contribution in [-0.2, 0) is 17.9 Å². The normalized spacial score (nSPS) is 22.4. The summed E-state index contributed by atoms with van der Waals surface area (Å²) in [6.45, 7) is 2.85. The second-order valence-electron chi connectivity index (χ2n) is 9.26. The largest absolute Gasteiger partial charge is 0.404 e. The van der Waals surface area contributed by atoms with Crippen LogP contribution in [-0.4, -0.2) is 66.1 Å². The number of amides is 1. The highest BCUT2D eigenvalue weighted by molar-refractivity contribution is 5.84. The number of hydrogen-bond donors (Lipinski definition) is 0. The molecule has 4 rings (SSSR count). The van der Waals surface area contributed by atoms with E-state index in [9.17, 15) is 18.0 Å². The molecule has 1 unspecified atom stereocenters. The fraction of sp³-hybridized carbons (Fsp3) is 0.462. The summed E-state index contributed by atoms with van der Waals surface area (Å²) in [5.41, 5.74) is 0.232. The maximum Gasteiger partial charge on any atom is 0.404 e. The highest BCUT2D eigenvalue weighted by atomic mass is 19.4. The predicted octanol–water partition coefficient (Wildman–Crippen LogP) is 4.05. The fourth-order valence-corrected chi connectivity index (χ4v) is 4.97. The summed E-state index contributed by atoms with van der Waals surface area (Å²) in [6.07, 6.45) is -4.17. The first kappa shape index (κ1) is 24.2. The zero-order chi connectivity index (χ0) is 24.2. The van der Waals surface area contributed by atoms with Crippen LogP contribution in [0.15, 0.2) is 54.6 Å². The minimum Gasteiger partial charge on any atom is -0.341 e. The van der Waals surface area contributed by atoms with Gasteiger partial charge in [0.15, 0.2) is 5.41 Å². The van der Waals surface area contributed by atoms with Gasteiger partial charge in [0.1, 0.15) is 0 Å². The van der Waals surface area contributed by atoms with E-state index < -0.39 is 17.5 Å². The van der Waals surface area contributed by atoms with Crippen LogP contribution in [0.1, 0.15) is 29.5 Å². The molecule has 0 spiro atoms. The van der Waals surface area contributed by atoms with Crippen molar-refractivity contribution in [2.24, 2.45) is 5.41 Å². The third-order valence-corrected chi connectivity index (χ3v) is 6.91. The van der Waals surface area contributed by atoms with Crippen LogP contribution in [0.3, 0.4) is 0 Å². The summed E-state index contributed by atoms with van der Waals surface area (Å²) in [4.78, 5) is 18.7. The van der Waals surface area contributed by atoms with Gasteiger partial charge in [-0.15, -0.1) is 0 Å². The summed E-state index contributed by atoms with van der Waals surface area (Å²) in [5.74, 6) is -0.782. The van der Waals surface area contributed by atoms with Gasteiger partial charge in [-0.1, -0.05) is 42.5 Å². The van der Waals surface area contributed by atoms with Crippen LogP contribution < -0.4 is 0 Å². The molecule has 2 aliphatic rings. The average molecular weight is 471 g/mol. The van der Waals surface area contributed by atoms with E-state index in [0.29, 0.717) is 44.7 Å². The van der Waals surface area contributed by atoms with Gasteiger partial charge in [-0.3, -0.25) is 14.6 Å². The zero-order valence-corrected chi connectivity index (χ0v) is 19.1. The highest BCUT2D eigenvalue weighted by Gasteiger charge is 2.63. The molecule has 2 saturated heterocycles. The van der Waals surface area contributed by atoms with Gasteiger partial charge in [-0.05, 0) is 42.6 Å². The number of benzene rings is 2. The van der Waals surface area contributed by atoms with Gasteiger partial charge >= 0.3 is 6.18 Å². The van der Waals surface area contributed by atoms with Crippen molar-refractivity contribution < 1.29 is 18.0 Å². The van der Waals surface area contributed by atoms with E-state index in [4.69, 9.17) is 5.26 Å². The van der Waals surface area contributed by atoms with E-state index >= 15 is 0 Å². The summed E-state index contributed by atoms with van der Waals surface area (Å²) >= 11 is 0. The second-order valence-corrected chi connectivity index (χ2v) is 9.26. The SMILES string of the molecule is N#Cc1ccc(CN2CCCN(C(=O)C3(C(F)(F)F)CCN(Cc4ccccc4)C3)CC2)cc1. The third kappa shape index (κ3) is 5.26. The number of carbonyl (C=O) groups excluding carboxylic acids is 1. The Balaban J connectivity index is 1.41. The smallest absolute Gasteiger partial charge is 0.341 e. The maximum absolute atomic E-state index is 14.4. The van der Waals surface area contributed by atoms with Crippen molar-refractivity contribution in [3.8, 4) is 6.07 Å². The number of halogens is 3. The standard InChI is InChI=1S/C26H29F3N4O/c27-26(28,29)25(11-14-32(20-25)19-22-5-2-1-3-6-22)24(34)33-13-4-12-31(15-16-33)18-23-9-7-21(17-30)8-10-23/h1-3,5-10H,4,11-16,18-20H2. The lowest BCUT2D eigenvalue weighted by atomic mass is 9.84. The van der Waals surface area contributed by atoms with Crippen molar-refractivity contribution in [3.05, 3.63) is 71.3 Å². The van der Waals surface area contributed by atoms with E-state index in [0.717, 1.165) is 11.1 Å². The third-order valence-electron chi connectivity index (χ3n) is 6.91. The Hall–Kier alpha value is -2.89. The van der Waals surface area contributed by atoms with Gasteiger partial charge in [-0.25, -0.2) is 0 Å². The molecule has 0 radical (unpaired) electrons. The average Bonchev–Trinajstić information content (AvgIpc) is 3.13. The lowest BCUT2D eigenvalue weighted by Gasteiger charge is -2.35. The number of hydrogen-bond acceptors (Lipinski definition) is 4. The number of nitrogens with zero attached hydrogens (tertiary/aromatic N) is 4. The van der Waals surface area contributed by atoms with Gasteiger partial charge in [-0.2, -0.15) is 18.4 Å². The van der Waals surface area contributed by atoms with Crippen LogP contribution in [0.25, 0.3) is 0 Å². The molecule has 8 heteroatoms. The number of nitriles is 1. The molecule has 34 heavy (non-hydrogen) atoms. The first-order chi connectivity index (χ1) is 16.3. The van der Waals surface area contributed by atoms with E-state index in [1.165, 1.54) is 4.90 Å². The number of alkyl halides is 3. The van der Waals surface area contributed by atoms with Crippen LogP contribution in [0.4, 0.5) is 13.2 Å². The summed E-state index contributed by atoms with van der Waals surface area (Å²) < 4.78 is 43.1. The van der Waals surface area contributed by atoms with Crippen LogP contribution in [0.2, 0.25) is 0 Å². The molecule has 2 fully saturated rings. The minimum atomic E-state index is -4.59. The van der Waals surface area contributed by atoms with Gasteiger partial charge in [0.05, 0.1) is 11.6 Å². The quantitative estimate of drug-likeness (QED) is 0.662. The molecule has 2 aliphatic heterocycles. The predicted molar refractivity (Wildman–Crippen MR) is 122 cm³/mol. The van der Waals surface area contributed by atoms with Crippen LogP contribution in [0.5, 0.6) is 0 Å². The van der Waals surface area contributed by atoms with Gasteiger partial charge in [0, 0.05) is 45.8 Å². The Labute approximate surface area is 198 Å². The Morgan fingerprint density at radius 1 is 0.882 bits per heavy atom. The van der Waals surface area contributed by atoms with Crippen molar-refractivity contribution >= 4 is 5.91 Å². The molecule has 5 nitrogen and oxygen atoms in total. The van der Waals surface area contributed by atoms with Crippen molar-refractivity contribution in [2.45, 2.75) is 32.1 Å². The summed E-state index contributed by atoms with van der Waals surface area (Å²) in [6, 6.07) is 18.8. The van der Waals surface area contributed by atoms with Gasteiger partial charge in [0.2, 0.25) is 5.91 Å². The molecular formula is C26H29F3N4O. The highest BCUT2D eigenvalue weighted by Crippen LogP contribution is 2.47. The Morgan fingerprint density at radius 2 is 1.56 bits per heavy atom. The lowest BCUT2D eigenvalue weighted by molar-refractivity contribution is -0.223. The number of likely N-dealkylation sites (tertiary alicyclic amines) is 1. The Bertz CT molecular complexity index is 1020. The molecular weight excluding hydrogens is 441 g/mol. The minimum absolute atomic E-state index is 0.201. The topological polar surface area (TPSA) is 50.6 Å². The van der Waals surface area contributed by atoms with E-state index in [2.05, 4.69) is 11.0 Å². The number of rotatable bonds is 5. The lowest BCUT2D eigenvalue weighted by Crippen LogP contribution is -2.54. The summed E-state index contributed by atoms with van der Waals surface area (Å²) in [5, 5.41) is 8.95. The summed E-state index contributed by atoms with van der Waals surface area (Å²) in [7, 11) is 0. The molecule has 1 atom stereocenters. The van der Waals surface area contributed by atoms with E-state index in [1.54, 1.807) is 17.0 Å². The first-order valence-corrected chi connectivity index (χ1v) is 11.6. The van der Waals surface area contributed by atoms with Crippen molar-refractivity contribution in [2.75, 3.05) is 39.3 Å². The molecule has 2 aromatic carbocycles. The molecule has 1 amide bonds. The zero-order valence-electron chi connectivity index (χ0n) is 19.1. The number of carbonyl (C=O) groups is 1. The Morgan fingerprint density at radius 3 is 2.24 bits per heavy atom. The van der Waals surface area contributed by atoms with Crippen LogP contribution in [0, 0.1) is 16.7 Å². The molecule has 180 valence electrons. The van der Waals surface area contributed by atoms with Crippen molar-refractivity contribution in [3.63, 3.8) is 0 Å². The maximum atomic E-state index is 14.4. The Kier molecular flexibility index (Phi) is 7.24. The van der Waals surface area contributed by atoms with Crippen molar-refractivity contribution in [1.82, 2.24) is 14.7 Å². The molecule has 0 aliphatic carbocycles. The monoisotopic (exact) mass is 470 g/mol. The van der Waals surface area contributed by atoms with Gasteiger partial charge in [0.25, 0.3) is 0 Å². The second kappa shape index (κ2) is 10.2. The molecule has 0 N–H and O–H groups in total. The molecule has 0 aromatic heterocycles. The van der Waals surface area contributed by atoms with Crippen LogP contribution >= 0.6 is 0 Å². The first-order valence-electron chi connectivity index (χ1n) is 11.6. The van der Waals surface area contributed by atoms with Gasteiger partial charge < -0.3 is 4.90 Å². The van der Waals surface area contributed by atoms with E-state index in [1.807, 2.05) is 42.5 Å². The molecule has 0 saturated carbocycles. The van der Waals surface area contributed by atoms with E-state index in [-0.39, 0.29) is 26.1 Å². The molecule has 2 aromatic rings.